The van der Waals surface area contributed by atoms with Crippen molar-refractivity contribution in [3.8, 4) is 17.6 Å². The molecule has 182 valence electrons. The Morgan fingerprint density at radius 1 is 1.17 bits per heavy atom. The zero-order chi connectivity index (χ0) is 26.0. The Morgan fingerprint density at radius 2 is 1.83 bits per heavy atom. The van der Waals surface area contributed by atoms with Crippen LogP contribution in [0.4, 0.5) is 18.9 Å². The maximum atomic E-state index is 15.1. The third kappa shape index (κ3) is 6.51. The number of primary sulfonamides is 1. The number of alkyl halides is 2. The second-order valence-corrected chi connectivity index (χ2v) is 9.46. The highest BCUT2D eigenvalue weighted by Crippen LogP contribution is 2.37. The van der Waals surface area contributed by atoms with E-state index in [1.807, 2.05) is 0 Å². The molecular weight excluding hydrogens is 507 g/mol. The molecule has 3 rings (SSSR count). The number of benzene rings is 3. The van der Waals surface area contributed by atoms with Crippen LogP contribution in [0.2, 0.25) is 5.02 Å². The second kappa shape index (κ2) is 9.95. The number of nitrogens with two attached hydrogens (primary N) is 1. The van der Waals surface area contributed by atoms with Gasteiger partial charge in [0.05, 0.1) is 28.0 Å². The van der Waals surface area contributed by atoms with Crippen molar-refractivity contribution < 1.29 is 31.1 Å². The highest BCUT2D eigenvalue weighted by atomic mass is 35.5. The highest BCUT2D eigenvalue weighted by molar-refractivity contribution is 7.89. The van der Waals surface area contributed by atoms with Gasteiger partial charge in [0, 0.05) is 23.7 Å². The normalized spacial score (nSPS) is 11.6. The van der Waals surface area contributed by atoms with Gasteiger partial charge in [-0.25, -0.2) is 26.7 Å². The molecule has 0 aliphatic rings. The minimum absolute atomic E-state index is 0.111. The molecule has 1 amide bonds. The number of carbonyl (C=O) groups is 1. The number of sulfonamides is 1. The van der Waals surface area contributed by atoms with Crippen LogP contribution in [-0.4, -0.2) is 14.3 Å². The number of nitrogens with zero attached hydrogens (tertiary/aromatic N) is 1. The number of hydrogen-bond donors (Lipinski definition) is 2. The summed E-state index contributed by atoms with van der Waals surface area (Å²) in [5.74, 6) is -5.66. The Balaban J connectivity index is 1.83. The minimum atomic E-state index is -3.90. The second-order valence-electron chi connectivity index (χ2n) is 7.49. The van der Waals surface area contributed by atoms with Crippen LogP contribution in [0, 0.1) is 17.1 Å². The molecule has 0 unspecified atom stereocenters. The number of carbonyl (C=O) groups excluding carboxylic acids is 1. The van der Waals surface area contributed by atoms with E-state index in [1.165, 1.54) is 36.4 Å². The fourth-order valence-electron chi connectivity index (χ4n) is 3.00. The van der Waals surface area contributed by atoms with Gasteiger partial charge in [-0.1, -0.05) is 17.7 Å². The van der Waals surface area contributed by atoms with Gasteiger partial charge >= 0.3 is 0 Å². The van der Waals surface area contributed by atoms with Crippen LogP contribution in [-0.2, 0) is 27.2 Å². The van der Waals surface area contributed by atoms with Crippen molar-refractivity contribution in [3.05, 3.63) is 82.1 Å². The van der Waals surface area contributed by atoms with Crippen molar-refractivity contribution >= 4 is 33.2 Å². The van der Waals surface area contributed by atoms with E-state index in [1.54, 1.807) is 6.07 Å². The Kier molecular flexibility index (Phi) is 7.40. The lowest BCUT2D eigenvalue weighted by Crippen LogP contribution is -2.16. The van der Waals surface area contributed by atoms with Crippen molar-refractivity contribution in [3.63, 3.8) is 0 Å². The lowest BCUT2D eigenvalue weighted by Gasteiger charge is -2.15. The van der Waals surface area contributed by atoms with Gasteiger partial charge in [0.1, 0.15) is 5.75 Å². The number of ether oxygens (including phenoxy) is 1. The fraction of sp³-hybridized carbons (Fsp3) is 0.130. The molecule has 0 heterocycles. The standard InChI is InChI=1S/C23H17ClF3N3O4S/c1-23(26,27)15-8-13(12-28)9-17(11-15)34-22-19(24)7-2-14(21(22)25)10-20(31)30-16-3-5-18(6-4-16)35(29,32)33/h2-9,11H,10H2,1H3,(H,30,31)(H2,29,32,33). The van der Waals surface area contributed by atoms with Gasteiger partial charge < -0.3 is 10.1 Å². The van der Waals surface area contributed by atoms with Gasteiger partial charge in [-0.3, -0.25) is 4.79 Å². The number of nitriles is 1. The molecular formula is C23H17ClF3N3O4S. The van der Waals surface area contributed by atoms with Crippen LogP contribution in [0.25, 0.3) is 0 Å². The molecule has 0 aromatic heterocycles. The lowest BCUT2D eigenvalue weighted by atomic mass is 10.1. The van der Waals surface area contributed by atoms with Gasteiger partial charge in [-0.05, 0) is 48.5 Å². The van der Waals surface area contributed by atoms with Crippen molar-refractivity contribution in [1.29, 1.82) is 5.26 Å². The molecule has 3 N–H and O–H groups in total. The van der Waals surface area contributed by atoms with Crippen LogP contribution in [0.15, 0.2) is 59.5 Å². The first-order valence-electron chi connectivity index (χ1n) is 9.79. The van der Waals surface area contributed by atoms with Gasteiger partial charge in [-0.2, -0.15) is 5.26 Å². The Hall–Kier alpha value is -3.59. The smallest absolute Gasteiger partial charge is 0.270 e. The van der Waals surface area contributed by atoms with Gasteiger partial charge in [0.15, 0.2) is 11.6 Å². The third-order valence-electron chi connectivity index (χ3n) is 4.71. The number of rotatable bonds is 7. The fourth-order valence-corrected chi connectivity index (χ4v) is 3.70. The summed E-state index contributed by atoms with van der Waals surface area (Å²) in [6.45, 7) is 0.641. The van der Waals surface area contributed by atoms with Crippen molar-refractivity contribution in [2.75, 3.05) is 5.32 Å². The average molecular weight is 524 g/mol. The van der Waals surface area contributed by atoms with Gasteiger partial charge in [-0.15, -0.1) is 0 Å². The van der Waals surface area contributed by atoms with Crippen LogP contribution in [0.1, 0.15) is 23.6 Å². The number of halogens is 4. The summed E-state index contributed by atoms with van der Waals surface area (Å²) in [7, 11) is -3.90. The molecule has 7 nitrogen and oxygen atoms in total. The number of amides is 1. The van der Waals surface area contributed by atoms with Gasteiger partial charge in [0.25, 0.3) is 5.92 Å². The summed E-state index contributed by atoms with van der Waals surface area (Å²) in [4.78, 5) is 12.2. The van der Waals surface area contributed by atoms with Gasteiger partial charge in [0.2, 0.25) is 15.9 Å². The number of anilines is 1. The molecule has 3 aromatic rings. The van der Waals surface area contributed by atoms with Crippen molar-refractivity contribution in [2.24, 2.45) is 5.14 Å². The number of hydrogen-bond acceptors (Lipinski definition) is 5. The van der Waals surface area contributed by atoms with E-state index in [-0.39, 0.29) is 32.5 Å². The van der Waals surface area contributed by atoms with E-state index in [0.29, 0.717) is 6.92 Å². The molecule has 0 aliphatic heterocycles. The summed E-state index contributed by atoms with van der Waals surface area (Å²) in [6, 6.07) is 12.4. The molecule has 0 radical (unpaired) electrons. The summed E-state index contributed by atoms with van der Waals surface area (Å²) >= 11 is 6.03. The minimum Gasteiger partial charge on any atom is -0.453 e. The molecule has 0 saturated carbocycles. The Labute approximate surface area is 203 Å². The zero-order valence-electron chi connectivity index (χ0n) is 18.0. The van der Waals surface area contributed by atoms with Crippen LogP contribution >= 0.6 is 11.6 Å². The Bertz CT molecular complexity index is 1430. The number of nitrogens with one attached hydrogen (secondary N) is 1. The quantitative estimate of drug-likeness (QED) is 0.447. The first kappa shape index (κ1) is 26.0. The van der Waals surface area contributed by atoms with E-state index in [0.717, 1.165) is 18.2 Å². The first-order valence-corrected chi connectivity index (χ1v) is 11.7. The molecule has 3 aromatic carbocycles. The molecule has 0 spiro atoms. The maximum Gasteiger partial charge on any atom is 0.270 e. The third-order valence-corrected chi connectivity index (χ3v) is 5.94. The van der Waals surface area contributed by atoms with Crippen molar-refractivity contribution in [2.45, 2.75) is 24.2 Å². The first-order chi connectivity index (χ1) is 16.3. The zero-order valence-corrected chi connectivity index (χ0v) is 19.6. The lowest BCUT2D eigenvalue weighted by molar-refractivity contribution is -0.115. The molecule has 0 bridgehead atoms. The van der Waals surface area contributed by atoms with E-state index in [2.05, 4.69) is 5.32 Å². The van der Waals surface area contributed by atoms with Crippen molar-refractivity contribution in [1.82, 2.24) is 0 Å². The largest absolute Gasteiger partial charge is 0.453 e. The SMILES string of the molecule is CC(F)(F)c1cc(C#N)cc(Oc2c(Cl)ccc(CC(=O)Nc3ccc(S(N)(=O)=O)cc3)c2F)c1. The molecule has 0 atom stereocenters. The van der Waals surface area contributed by atoms with E-state index >= 15 is 4.39 Å². The molecule has 35 heavy (non-hydrogen) atoms. The monoisotopic (exact) mass is 523 g/mol. The van der Waals surface area contributed by atoms with Crippen LogP contribution in [0.3, 0.4) is 0 Å². The molecule has 12 heteroatoms. The predicted octanol–water partition coefficient (Wildman–Crippen LogP) is 5.08. The summed E-state index contributed by atoms with van der Waals surface area (Å²) in [5, 5.41) is 16.4. The van der Waals surface area contributed by atoms with E-state index < -0.39 is 45.4 Å². The molecule has 0 fully saturated rings. The summed E-state index contributed by atoms with van der Waals surface area (Å²) < 4.78 is 70.7. The molecule has 0 saturated heterocycles. The average Bonchev–Trinajstić information content (AvgIpc) is 2.77. The van der Waals surface area contributed by atoms with E-state index in [9.17, 15) is 22.0 Å². The topological polar surface area (TPSA) is 122 Å². The Morgan fingerprint density at radius 3 is 2.40 bits per heavy atom. The van der Waals surface area contributed by atoms with Crippen LogP contribution in [0.5, 0.6) is 11.5 Å². The summed E-state index contributed by atoms with van der Waals surface area (Å²) in [5.41, 5.74) is -0.498. The predicted molar refractivity (Wildman–Crippen MR) is 122 cm³/mol. The highest BCUT2D eigenvalue weighted by Gasteiger charge is 2.26. The van der Waals surface area contributed by atoms with Crippen LogP contribution < -0.4 is 15.2 Å². The maximum absolute atomic E-state index is 15.1. The molecule has 0 aliphatic carbocycles. The van der Waals surface area contributed by atoms with E-state index in [4.69, 9.17) is 26.7 Å². The summed E-state index contributed by atoms with van der Waals surface area (Å²) in [6.07, 6.45) is -0.452.